The van der Waals surface area contributed by atoms with Crippen molar-refractivity contribution in [2.45, 2.75) is 31.2 Å². The maximum atomic E-state index is 13.7. The van der Waals surface area contributed by atoms with Crippen LogP contribution >= 0.6 is 0 Å². The van der Waals surface area contributed by atoms with Crippen molar-refractivity contribution in [3.05, 3.63) is 47.5 Å². The number of hydrogen-bond acceptors (Lipinski definition) is 4. The first-order valence-electron chi connectivity index (χ1n) is 8.29. The summed E-state index contributed by atoms with van der Waals surface area (Å²) in [5.41, 5.74) is 1.19. The number of nitrogens with zero attached hydrogens (tertiary/aromatic N) is 2. The van der Waals surface area contributed by atoms with Crippen LogP contribution in [0.15, 0.2) is 30.3 Å². The fourth-order valence-electron chi connectivity index (χ4n) is 3.21. The molecule has 0 bridgehead atoms. The zero-order chi connectivity index (χ0) is 17.6. The van der Waals surface area contributed by atoms with Crippen LogP contribution in [0.1, 0.15) is 47.4 Å². The van der Waals surface area contributed by atoms with E-state index >= 15 is 0 Å². The average molecular weight is 363 g/mol. The molecule has 4 rings (SSSR count). The topological polar surface area (TPSA) is 81.1 Å². The lowest BCUT2D eigenvalue weighted by atomic mass is 10.2. The minimum atomic E-state index is -3.04. The number of sulfone groups is 1. The number of carbonyl (C=O) groups is 1. The molecule has 2 heterocycles. The van der Waals surface area contributed by atoms with Gasteiger partial charge >= 0.3 is 0 Å². The highest BCUT2D eigenvalue weighted by molar-refractivity contribution is 7.91. The molecule has 25 heavy (non-hydrogen) atoms. The summed E-state index contributed by atoms with van der Waals surface area (Å²) in [5.74, 6) is -0.474. The molecular formula is C17H18FN3O3S. The summed E-state index contributed by atoms with van der Waals surface area (Å²) >= 11 is 0. The van der Waals surface area contributed by atoms with E-state index in [9.17, 15) is 17.6 Å². The summed E-state index contributed by atoms with van der Waals surface area (Å²) in [6.45, 7) is 0. The van der Waals surface area contributed by atoms with Crippen molar-refractivity contribution < 1.29 is 17.6 Å². The molecule has 132 valence electrons. The third-order valence-electron chi connectivity index (χ3n) is 4.67. The summed E-state index contributed by atoms with van der Waals surface area (Å²) < 4.78 is 39.0. The molecule has 8 heteroatoms. The molecule has 1 aliphatic heterocycles. The lowest BCUT2D eigenvalue weighted by Gasteiger charge is -2.12. The molecule has 1 saturated heterocycles. The minimum Gasteiger partial charge on any atom is -0.318 e. The fourth-order valence-corrected chi connectivity index (χ4v) is 4.91. The first kappa shape index (κ1) is 16.3. The van der Waals surface area contributed by atoms with Gasteiger partial charge in [0.25, 0.3) is 5.91 Å². The van der Waals surface area contributed by atoms with Crippen LogP contribution < -0.4 is 5.32 Å². The molecule has 1 aromatic heterocycles. The van der Waals surface area contributed by atoms with Gasteiger partial charge in [0.15, 0.2) is 15.5 Å². The van der Waals surface area contributed by atoms with Crippen LogP contribution in [0.4, 0.5) is 10.1 Å². The molecule has 6 nitrogen and oxygen atoms in total. The molecule has 1 N–H and O–H groups in total. The number of benzene rings is 1. The quantitative estimate of drug-likeness (QED) is 0.905. The first-order valence-corrected chi connectivity index (χ1v) is 10.1. The largest absolute Gasteiger partial charge is 0.318 e. The van der Waals surface area contributed by atoms with Gasteiger partial charge in [-0.2, -0.15) is 5.10 Å². The van der Waals surface area contributed by atoms with Crippen LogP contribution in [0.3, 0.4) is 0 Å². The number of carbonyl (C=O) groups excluding carboxylic acids is 1. The van der Waals surface area contributed by atoms with Crippen molar-refractivity contribution >= 4 is 21.4 Å². The van der Waals surface area contributed by atoms with Gasteiger partial charge in [0, 0.05) is 11.6 Å². The normalized spacial score (nSPS) is 22.0. The molecule has 0 radical (unpaired) electrons. The van der Waals surface area contributed by atoms with Crippen molar-refractivity contribution in [3.63, 3.8) is 0 Å². The zero-order valence-corrected chi connectivity index (χ0v) is 14.3. The van der Waals surface area contributed by atoms with E-state index in [4.69, 9.17) is 0 Å². The predicted molar refractivity (Wildman–Crippen MR) is 90.9 cm³/mol. The van der Waals surface area contributed by atoms with Crippen molar-refractivity contribution in [2.24, 2.45) is 0 Å². The Balaban J connectivity index is 1.61. The molecule has 1 atom stereocenters. The highest BCUT2D eigenvalue weighted by Crippen LogP contribution is 2.42. The van der Waals surface area contributed by atoms with Gasteiger partial charge in [-0.15, -0.1) is 0 Å². The number of nitrogens with one attached hydrogen (secondary N) is 1. The van der Waals surface area contributed by atoms with Crippen molar-refractivity contribution in [3.8, 4) is 0 Å². The predicted octanol–water partition coefficient (Wildman–Crippen LogP) is 2.51. The molecule has 2 fully saturated rings. The van der Waals surface area contributed by atoms with E-state index in [2.05, 4.69) is 10.4 Å². The highest BCUT2D eigenvalue weighted by Gasteiger charge is 2.36. The Labute approximate surface area is 145 Å². The summed E-state index contributed by atoms with van der Waals surface area (Å²) in [6, 6.07) is 7.42. The van der Waals surface area contributed by atoms with Gasteiger partial charge < -0.3 is 5.32 Å². The Morgan fingerprint density at radius 1 is 1.24 bits per heavy atom. The number of para-hydroxylation sites is 1. The van der Waals surface area contributed by atoms with Crippen LogP contribution in [0.5, 0.6) is 0 Å². The van der Waals surface area contributed by atoms with Crippen molar-refractivity contribution in [1.29, 1.82) is 0 Å². The lowest BCUT2D eigenvalue weighted by Crippen LogP contribution is -2.17. The number of rotatable bonds is 4. The summed E-state index contributed by atoms with van der Waals surface area (Å²) in [6.07, 6.45) is 2.54. The molecule has 1 unspecified atom stereocenters. The Hall–Kier alpha value is -2.22. The maximum absolute atomic E-state index is 13.7. The maximum Gasteiger partial charge on any atom is 0.276 e. The molecule has 2 aliphatic rings. The van der Waals surface area contributed by atoms with Gasteiger partial charge in [0.05, 0.1) is 23.2 Å². The van der Waals surface area contributed by atoms with E-state index in [1.807, 2.05) is 0 Å². The summed E-state index contributed by atoms with van der Waals surface area (Å²) in [4.78, 5) is 12.4. The van der Waals surface area contributed by atoms with Crippen LogP contribution in [-0.2, 0) is 9.84 Å². The minimum absolute atomic E-state index is 0.0583. The van der Waals surface area contributed by atoms with E-state index in [0.717, 1.165) is 18.5 Å². The third-order valence-corrected chi connectivity index (χ3v) is 6.42. The molecule has 0 spiro atoms. The lowest BCUT2D eigenvalue weighted by molar-refractivity contribution is 0.102. The highest BCUT2D eigenvalue weighted by atomic mass is 32.2. The van der Waals surface area contributed by atoms with Crippen LogP contribution in [0, 0.1) is 5.82 Å². The molecular weight excluding hydrogens is 345 g/mol. The SMILES string of the molecule is O=C(Nc1ccccc1F)c1cc(C2CC2)n(C2CCS(=O)(=O)C2)n1. The van der Waals surface area contributed by atoms with Crippen molar-refractivity contribution in [2.75, 3.05) is 16.8 Å². The van der Waals surface area contributed by atoms with E-state index in [1.54, 1.807) is 22.9 Å². The fraction of sp³-hybridized carbons (Fsp3) is 0.412. The third kappa shape index (κ3) is 3.30. The first-order chi connectivity index (χ1) is 11.9. The number of hydrogen-bond donors (Lipinski definition) is 1. The van der Waals surface area contributed by atoms with Gasteiger partial charge in [0.2, 0.25) is 0 Å². The van der Waals surface area contributed by atoms with Crippen LogP contribution in [-0.4, -0.2) is 35.6 Å². The Bertz CT molecular complexity index is 934. The summed E-state index contributed by atoms with van der Waals surface area (Å²) in [5, 5.41) is 6.89. The molecule has 1 amide bonds. The molecule has 1 aliphatic carbocycles. The number of aromatic nitrogens is 2. The van der Waals surface area contributed by atoms with Gasteiger partial charge in [-0.05, 0) is 37.5 Å². The van der Waals surface area contributed by atoms with Gasteiger partial charge in [-0.3, -0.25) is 9.48 Å². The van der Waals surface area contributed by atoms with E-state index in [-0.39, 0.29) is 28.9 Å². The van der Waals surface area contributed by atoms with E-state index < -0.39 is 21.6 Å². The standard InChI is InChI=1S/C17H18FN3O3S/c18-13-3-1-2-4-14(13)19-17(22)15-9-16(11-5-6-11)21(20-15)12-7-8-25(23,24)10-12/h1-4,9,11-12H,5-8,10H2,(H,19,22). The van der Waals surface area contributed by atoms with Gasteiger partial charge in [-0.1, -0.05) is 12.1 Å². The van der Waals surface area contributed by atoms with Crippen LogP contribution in [0.25, 0.3) is 0 Å². The molecule has 2 aromatic rings. The smallest absolute Gasteiger partial charge is 0.276 e. The second kappa shape index (κ2) is 5.94. The number of amides is 1. The second-order valence-electron chi connectivity index (χ2n) is 6.66. The number of anilines is 1. The molecule has 1 saturated carbocycles. The van der Waals surface area contributed by atoms with E-state index in [1.165, 1.54) is 12.1 Å². The van der Waals surface area contributed by atoms with Gasteiger partial charge in [0.1, 0.15) is 5.82 Å². The van der Waals surface area contributed by atoms with Crippen molar-refractivity contribution in [1.82, 2.24) is 9.78 Å². The second-order valence-corrected chi connectivity index (χ2v) is 8.89. The Kier molecular flexibility index (Phi) is 3.87. The molecule has 1 aromatic carbocycles. The Morgan fingerprint density at radius 2 is 2.00 bits per heavy atom. The Morgan fingerprint density at radius 3 is 2.64 bits per heavy atom. The monoisotopic (exact) mass is 363 g/mol. The zero-order valence-electron chi connectivity index (χ0n) is 13.5. The van der Waals surface area contributed by atoms with Gasteiger partial charge in [-0.25, -0.2) is 12.8 Å². The number of halogens is 1. The van der Waals surface area contributed by atoms with Crippen LogP contribution in [0.2, 0.25) is 0 Å². The average Bonchev–Trinajstić information content (AvgIpc) is 3.21. The summed E-state index contributed by atoms with van der Waals surface area (Å²) in [7, 11) is -3.04. The van der Waals surface area contributed by atoms with E-state index in [0.29, 0.717) is 12.3 Å².